The van der Waals surface area contributed by atoms with E-state index in [9.17, 15) is 10.1 Å². The van der Waals surface area contributed by atoms with Crippen LogP contribution in [0.1, 0.15) is 11.3 Å². The predicted molar refractivity (Wildman–Crippen MR) is 72.0 cm³/mol. The molecule has 1 aromatic carbocycles. The number of hydrogen-bond acceptors (Lipinski definition) is 4. The summed E-state index contributed by atoms with van der Waals surface area (Å²) in [5.41, 5.74) is 0.774. The maximum Gasteiger partial charge on any atom is 0.269 e. The summed E-state index contributed by atoms with van der Waals surface area (Å²) in [7, 11) is 1.90. The van der Waals surface area contributed by atoms with Crippen LogP contribution in [0.15, 0.2) is 41.0 Å². The molecule has 2 aromatic rings. The Kier molecular flexibility index (Phi) is 4.19. The fourth-order valence-electron chi connectivity index (χ4n) is 1.81. The van der Waals surface area contributed by atoms with Crippen molar-refractivity contribution >= 4 is 17.3 Å². The van der Waals surface area contributed by atoms with Crippen molar-refractivity contribution in [3.63, 3.8) is 0 Å². The van der Waals surface area contributed by atoms with E-state index in [1.807, 2.05) is 24.1 Å². The molecule has 0 radical (unpaired) electrons. The SMILES string of the molecule is CN(Cc1ccco1)Cc1cc([N+](=O)[O-])ccc1Cl. The molecule has 1 heterocycles. The molecule has 1 aromatic heterocycles. The molecule has 0 unspecified atom stereocenters. The molecule has 0 aliphatic heterocycles. The first-order valence-electron chi connectivity index (χ1n) is 5.70. The third-order valence-electron chi connectivity index (χ3n) is 2.69. The number of furan rings is 1. The highest BCUT2D eigenvalue weighted by Gasteiger charge is 2.12. The molecule has 0 saturated heterocycles. The summed E-state index contributed by atoms with van der Waals surface area (Å²) in [5, 5.41) is 11.3. The van der Waals surface area contributed by atoms with Crippen LogP contribution in [0.25, 0.3) is 0 Å². The van der Waals surface area contributed by atoms with Gasteiger partial charge in [0, 0.05) is 23.7 Å². The molecule has 0 fully saturated rings. The lowest BCUT2D eigenvalue weighted by Gasteiger charge is -2.15. The minimum Gasteiger partial charge on any atom is -0.468 e. The maximum atomic E-state index is 10.7. The van der Waals surface area contributed by atoms with Gasteiger partial charge >= 0.3 is 0 Å². The monoisotopic (exact) mass is 280 g/mol. The van der Waals surface area contributed by atoms with Gasteiger partial charge in [-0.05, 0) is 30.8 Å². The lowest BCUT2D eigenvalue weighted by Crippen LogP contribution is -2.17. The molecule has 2 rings (SSSR count). The Bertz CT molecular complexity index is 569. The van der Waals surface area contributed by atoms with E-state index in [-0.39, 0.29) is 5.69 Å². The molecule has 0 saturated carbocycles. The van der Waals surface area contributed by atoms with Crippen molar-refractivity contribution in [3.8, 4) is 0 Å². The molecule has 0 aliphatic carbocycles. The summed E-state index contributed by atoms with van der Waals surface area (Å²) < 4.78 is 5.25. The fraction of sp³-hybridized carbons (Fsp3) is 0.231. The molecule has 0 amide bonds. The van der Waals surface area contributed by atoms with Crippen LogP contribution in [0.3, 0.4) is 0 Å². The molecule has 0 bridgehead atoms. The Morgan fingerprint density at radius 2 is 2.16 bits per heavy atom. The summed E-state index contributed by atoms with van der Waals surface area (Å²) in [6, 6.07) is 8.16. The summed E-state index contributed by atoms with van der Waals surface area (Å²) in [5.74, 6) is 0.837. The Labute approximate surface area is 115 Å². The first-order chi connectivity index (χ1) is 9.06. The zero-order chi connectivity index (χ0) is 13.8. The normalized spacial score (nSPS) is 10.9. The van der Waals surface area contributed by atoms with E-state index in [0.717, 1.165) is 11.3 Å². The number of nitro benzene ring substituents is 1. The van der Waals surface area contributed by atoms with Crippen molar-refractivity contribution in [1.29, 1.82) is 0 Å². The lowest BCUT2D eigenvalue weighted by molar-refractivity contribution is -0.384. The molecular weight excluding hydrogens is 268 g/mol. The van der Waals surface area contributed by atoms with Crippen LogP contribution in [0, 0.1) is 10.1 Å². The number of rotatable bonds is 5. The van der Waals surface area contributed by atoms with Crippen LogP contribution in [-0.2, 0) is 13.1 Å². The number of nitrogens with zero attached hydrogens (tertiary/aromatic N) is 2. The molecule has 6 heteroatoms. The van der Waals surface area contributed by atoms with Crippen LogP contribution in [0.5, 0.6) is 0 Å². The minimum absolute atomic E-state index is 0.0470. The van der Waals surface area contributed by atoms with Crippen molar-refractivity contribution in [2.75, 3.05) is 7.05 Å². The van der Waals surface area contributed by atoms with Crippen molar-refractivity contribution in [3.05, 3.63) is 63.1 Å². The number of halogens is 1. The first-order valence-corrected chi connectivity index (χ1v) is 6.08. The third kappa shape index (κ3) is 3.56. The fourth-order valence-corrected chi connectivity index (χ4v) is 1.99. The van der Waals surface area contributed by atoms with Gasteiger partial charge in [0.1, 0.15) is 5.76 Å². The highest BCUT2D eigenvalue weighted by atomic mass is 35.5. The van der Waals surface area contributed by atoms with Gasteiger partial charge in [-0.2, -0.15) is 0 Å². The van der Waals surface area contributed by atoms with Gasteiger partial charge < -0.3 is 4.42 Å². The van der Waals surface area contributed by atoms with Gasteiger partial charge in [-0.15, -0.1) is 0 Å². The van der Waals surface area contributed by atoms with E-state index < -0.39 is 4.92 Å². The van der Waals surface area contributed by atoms with Crippen LogP contribution in [0.2, 0.25) is 5.02 Å². The average molecular weight is 281 g/mol. The van der Waals surface area contributed by atoms with Crippen LogP contribution in [0.4, 0.5) is 5.69 Å². The van der Waals surface area contributed by atoms with Gasteiger partial charge in [-0.1, -0.05) is 11.6 Å². The van der Waals surface area contributed by atoms with Gasteiger partial charge in [-0.25, -0.2) is 0 Å². The highest BCUT2D eigenvalue weighted by molar-refractivity contribution is 6.31. The topological polar surface area (TPSA) is 59.5 Å². The second-order valence-corrected chi connectivity index (χ2v) is 4.69. The first kappa shape index (κ1) is 13.6. The van der Waals surface area contributed by atoms with E-state index in [2.05, 4.69) is 0 Å². The van der Waals surface area contributed by atoms with Crippen molar-refractivity contribution in [2.24, 2.45) is 0 Å². The molecule has 0 aliphatic rings. The minimum atomic E-state index is -0.424. The molecular formula is C13H13ClN2O3. The molecule has 19 heavy (non-hydrogen) atoms. The van der Waals surface area contributed by atoms with E-state index in [4.69, 9.17) is 16.0 Å². The van der Waals surface area contributed by atoms with E-state index in [1.54, 1.807) is 12.3 Å². The highest BCUT2D eigenvalue weighted by Crippen LogP contribution is 2.23. The summed E-state index contributed by atoms with van der Waals surface area (Å²) >= 11 is 6.05. The molecule has 0 atom stereocenters. The summed E-state index contributed by atoms with van der Waals surface area (Å²) in [6.45, 7) is 1.13. The van der Waals surface area contributed by atoms with Crippen LogP contribution < -0.4 is 0 Å². The Morgan fingerprint density at radius 1 is 1.37 bits per heavy atom. The Hall–Kier alpha value is -1.85. The zero-order valence-electron chi connectivity index (χ0n) is 10.4. The van der Waals surface area contributed by atoms with Crippen molar-refractivity contribution < 1.29 is 9.34 Å². The second-order valence-electron chi connectivity index (χ2n) is 4.28. The number of hydrogen-bond donors (Lipinski definition) is 0. The number of benzene rings is 1. The smallest absolute Gasteiger partial charge is 0.269 e. The Balaban J connectivity index is 2.09. The average Bonchev–Trinajstić information content (AvgIpc) is 2.84. The summed E-state index contributed by atoms with van der Waals surface area (Å²) in [4.78, 5) is 12.3. The maximum absolute atomic E-state index is 10.7. The number of non-ortho nitro benzene ring substituents is 1. The molecule has 0 spiro atoms. The largest absolute Gasteiger partial charge is 0.468 e. The van der Waals surface area contributed by atoms with Gasteiger partial charge in [-0.3, -0.25) is 15.0 Å². The summed E-state index contributed by atoms with van der Waals surface area (Å²) in [6.07, 6.45) is 1.61. The van der Waals surface area contributed by atoms with Crippen molar-refractivity contribution in [1.82, 2.24) is 4.90 Å². The van der Waals surface area contributed by atoms with Gasteiger partial charge in [0.05, 0.1) is 17.7 Å². The predicted octanol–water partition coefficient (Wildman–Crippen LogP) is 3.47. The molecule has 0 N–H and O–H groups in total. The van der Waals surface area contributed by atoms with E-state index in [1.165, 1.54) is 12.1 Å². The lowest BCUT2D eigenvalue weighted by atomic mass is 10.2. The third-order valence-corrected chi connectivity index (χ3v) is 3.05. The standard InChI is InChI=1S/C13H13ClN2O3/c1-15(9-12-3-2-6-19-12)8-10-7-11(16(17)18)4-5-13(10)14/h2-7H,8-9H2,1H3. The van der Waals surface area contributed by atoms with E-state index >= 15 is 0 Å². The van der Waals surface area contributed by atoms with Crippen LogP contribution >= 0.6 is 11.6 Å². The second kappa shape index (κ2) is 5.86. The molecule has 100 valence electrons. The zero-order valence-corrected chi connectivity index (χ0v) is 11.1. The Morgan fingerprint density at radius 3 is 2.79 bits per heavy atom. The van der Waals surface area contributed by atoms with E-state index in [0.29, 0.717) is 18.1 Å². The molecule has 5 nitrogen and oxygen atoms in total. The van der Waals surface area contributed by atoms with Gasteiger partial charge in [0.15, 0.2) is 0 Å². The van der Waals surface area contributed by atoms with Crippen molar-refractivity contribution in [2.45, 2.75) is 13.1 Å². The van der Waals surface area contributed by atoms with Gasteiger partial charge in [0.2, 0.25) is 0 Å². The quantitative estimate of drug-likeness (QED) is 0.621. The van der Waals surface area contributed by atoms with Crippen LogP contribution in [-0.4, -0.2) is 16.9 Å². The van der Waals surface area contributed by atoms with Gasteiger partial charge in [0.25, 0.3) is 5.69 Å². The number of nitro groups is 1.